The summed E-state index contributed by atoms with van der Waals surface area (Å²) in [5, 5.41) is 7.00. The minimum Gasteiger partial charge on any atom is -0.870 e. The molecule has 0 bridgehead atoms. The van der Waals surface area contributed by atoms with Crippen LogP contribution in [-0.4, -0.2) is 92.4 Å². The largest absolute Gasteiger partial charge is 1.00 e. The maximum Gasteiger partial charge on any atom is 1.00 e. The SMILES string of the molecule is CO.COc1ccc(/C=C/C(=O)c2ccc(OC)cc2OC)c(OC)c1.COc1ccc(C(C)=O)c(OC)c1.COc1ccc(C=O)c(OC)c1.[Na+].[OH-]. The number of hydrogen-bond donors (Lipinski definition) is 1. The van der Waals surface area contributed by atoms with Gasteiger partial charge in [-0.25, -0.2) is 0 Å². The molecule has 13 nitrogen and oxygen atoms in total. The van der Waals surface area contributed by atoms with Crippen molar-refractivity contribution in [1.82, 2.24) is 0 Å². The number of benzene rings is 4. The number of ketones is 2. The first-order chi connectivity index (χ1) is 24.6. The molecule has 0 amide bonds. The Hall–Kier alpha value is -5.05. The van der Waals surface area contributed by atoms with Crippen LogP contribution in [0.15, 0.2) is 78.9 Å². The first kappa shape index (κ1) is 50.1. The normalized spacial score (nSPS) is 9.26. The molecule has 0 aliphatic heterocycles. The van der Waals surface area contributed by atoms with Gasteiger partial charge in [0.1, 0.15) is 46.0 Å². The number of hydrogen-bond acceptors (Lipinski definition) is 13. The van der Waals surface area contributed by atoms with Gasteiger partial charge in [0.05, 0.1) is 73.6 Å². The number of carbonyl (C=O) groups is 3. The van der Waals surface area contributed by atoms with E-state index in [-0.39, 0.29) is 46.6 Å². The molecule has 0 aliphatic rings. The van der Waals surface area contributed by atoms with Gasteiger partial charge in [0, 0.05) is 36.9 Å². The number of ether oxygens (including phenoxy) is 8. The fourth-order valence-corrected chi connectivity index (χ4v) is 4.22. The number of Topliss-reactive ketones (excluding diaryl/α,β-unsaturated/α-hetero) is 1. The monoisotopic (exact) mass is 746 g/mol. The van der Waals surface area contributed by atoms with Crippen LogP contribution >= 0.6 is 0 Å². The van der Waals surface area contributed by atoms with Gasteiger partial charge in [0.25, 0.3) is 0 Å². The van der Waals surface area contributed by atoms with Gasteiger partial charge in [-0.1, -0.05) is 0 Å². The smallest absolute Gasteiger partial charge is 0.870 e. The van der Waals surface area contributed by atoms with E-state index in [1.54, 1.807) is 108 Å². The van der Waals surface area contributed by atoms with Gasteiger partial charge in [-0.3, -0.25) is 14.4 Å². The molecule has 0 aliphatic carbocycles. The van der Waals surface area contributed by atoms with Crippen molar-refractivity contribution in [2.45, 2.75) is 6.92 Å². The molecule has 0 unspecified atom stereocenters. The molecule has 0 fully saturated rings. The second kappa shape index (κ2) is 27.6. The molecule has 4 aromatic carbocycles. The molecule has 0 radical (unpaired) electrons. The zero-order valence-electron chi connectivity index (χ0n) is 32.0. The minimum absolute atomic E-state index is 0. The zero-order chi connectivity index (χ0) is 38.3. The van der Waals surface area contributed by atoms with E-state index in [2.05, 4.69) is 0 Å². The Morgan fingerprint density at radius 2 is 0.849 bits per heavy atom. The van der Waals surface area contributed by atoms with Crippen LogP contribution in [0.4, 0.5) is 0 Å². The summed E-state index contributed by atoms with van der Waals surface area (Å²) in [7, 11) is 13.4. The van der Waals surface area contributed by atoms with Crippen molar-refractivity contribution in [1.29, 1.82) is 0 Å². The molecule has 282 valence electrons. The van der Waals surface area contributed by atoms with Gasteiger partial charge >= 0.3 is 29.6 Å². The molecule has 0 spiro atoms. The third-order valence-electron chi connectivity index (χ3n) is 6.88. The van der Waals surface area contributed by atoms with Crippen molar-refractivity contribution in [2.75, 3.05) is 64.0 Å². The summed E-state index contributed by atoms with van der Waals surface area (Å²) in [6.45, 7) is 1.50. The van der Waals surface area contributed by atoms with Crippen LogP contribution in [0.1, 0.15) is 43.6 Å². The Labute approximate surface area is 332 Å². The van der Waals surface area contributed by atoms with Crippen LogP contribution in [-0.2, 0) is 0 Å². The number of aliphatic hydroxyl groups is 1. The standard InChI is InChI=1S/C19H20O5.C10H12O3.C9H10O3.CH4O.Na.H2O/c1-21-14-7-5-13(18(11-14)23-3)6-10-17(20)16-9-8-15(22-2)12-19(16)24-4;1-7(11)9-5-4-8(12-2)6-10(9)13-3;1-11-8-4-3-7(6-10)9(5-8)12-2;1-2;;/h5-12H,1-4H3;4-6H,1-3H3;3-6H,1-2H3;2H,1H3;;1H2/q;;;;+1;/p-1/b10-6+;;;;;. The summed E-state index contributed by atoms with van der Waals surface area (Å²) in [5.74, 6) is 4.66. The molecule has 0 heterocycles. The molecule has 4 aromatic rings. The van der Waals surface area contributed by atoms with Crippen molar-refractivity contribution in [3.05, 3.63) is 101 Å². The summed E-state index contributed by atoms with van der Waals surface area (Å²) in [4.78, 5) is 34.0. The van der Waals surface area contributed by atoms with E-state index < -0.39 is 0 Å². The van der Waals surface area contributed by atoms with Crippen LogP contribution < -0.4 is 67.5 Å². The van der Waals surface area contributed by atoms with E-state index in [1.807, 2.05) is 6.07 Å². The Bertz CT molecular complexity index is 1740. The molecule has 2 N–H and O–H groups in total. The van der Waals surface area contributed by atoms with Crippen molar-refractivity contribution in [2.24, 2.45) is 0 Å². The number of rotatable bonds is 13. The molecule has 0 saturated carbocycles. The van der Waals surface area contributed by atoms with Crippen LogP contribution in [0, 0.1) is 0 Å². The third-order valence-corrected chi connectivity index (χ3v) is 6.88. The molecular formula is C39H47NaO13. The quantitative estimate of drug-likeness (QED) is 0.0912. The van der Waals surface area contributed by atoms with Crippen LogP contribution in [0.2, 0.25) is 0 Å². The number of aliphatic hydroxyl groups excluding tert-OH is 1. The van der Waals surface area contributed by atoms with E-state index in [0.29, 0.717) is 62.7 Å². The first-order valence-electron chi connectivity index (χ1n) is 15.1. The summed E-state index contributed by atoms with van der Waals surface area (Å²) in [6.07, 6.45) is 3.93. The Balaban J connectivity index is 0. The summed E-state index contributed by atoms with van der Waals surface area (Å²) >= 11 is 0. The summed E-state index contributed by atoms with van der Waals surface area (Å²) < 4.78 is 40.8. The number of allylic oxidation sites excluding steroid dienone is 1. The third kappa shape index (κ3) is 15.6. The molecule has 0 atom stereocenters. The number of aldehydes is 1. The molecule has 0 aromatic heterocycles. The van der Waals surface area contributed by atoms with Crippen LogP contribution in [0.5, 0.6) is 46.0 Å². The van der Waals surface area contributed by atoms with Crippen molar-refractivity contribution < 1.29 is 92.4 Å². The second-order valence-electron chi connectivity index (χ2n) is 9.72. The average Bonchev–Trinajstić information content (AvgIpc) is 3.19. The zero-order valence-corrected chi connectivity index (χ0v) is 34.0. The van der Waals surface area contributed by atoms with Gasteiger partial charge < -0.3 is 48.5 Å². The Kier molecular flexibility index (Phi) is 26.1. The van der Waals surface area contributed by atoms with Crippen molar-refractivity contribution in [3.63, 3.8) is 0 Å². The predicted octanol–water partition coefficient (Wildman–Crippen LogP) is 3.48. The van der Waals surface area contributed by atoms with Crippen molar-refractivity contribution in [3.8, 4) is 46.0 Å². The number of carbonyl (C=O) groups excluding carboxylic acids is 3. The molecular weight excluding hydrogens is 699 g/mol. The Morgan fingerprint density at radius 3 is 1.23 bits per heavy atom. The molecule has 0 saturated heterocycles. The maximum atomic E-state index is 12.4. The second-order valence-corrected chi connectivity index (χ2v) is 9.72. The maximum absolute atomic E-state index is 12.4. The van der Waals surface area contributed by atoms with E-state index >= 15 is 0 Å². The van der Waals surface area contributed by atoms with Gasteiger partial charge in [-0.05, 0) is 67.6 Å². The van der Waals surface area contributed by atoms with Crippen LogP contribution in [0.3, 0.4) is 0 Å². The van der Waals surface area contributed by atoms with E-state index in [0.717, 1.165) is 19.0 Å². The topological polar surface area (TPSA) is 175 Å². The summed E-state index contributed by atoms with van der Waals surface area (Å²) in [6, 6.07) is 20.6. The molecule has 53 heavy (non-hydrogen) atoms. The number of methoxy groups -OCH3 is 8. The average molecular weight is 747 g/mol. The van der Waals surface area contributed by atoms with Gasteiger partial charge in [-0.2, -0.15) is 0 Å². The van der Waals surface area contributed by atoms with Gasteiger partial charge in [0.15, 0.2) is 17.9 Å². The van der Waals surface area contributed by atoms with E-state index in [1.165, 1.54) is 34.3 Å². The van der Waals surface area contributed by atoms with Gasteiger partial charge in [-0.15, -0.1) is 0 Å². The minimum atomic E-state index is -0.174. The molecule has 14 heteroatoms. The predicted molar refractivity (Wildman–Crippen MR) is 197 cm³/mol. The summed E-state index contributed by atoms with van der Waals surface area (Å²) in [5.41, 5.74) is 2.34. The van der Waals surface area contributed by atoms with E-state index in [9.17, 15) is 14.4 Å². The van der Waals surface area contributed by atoms with Gasteiger partial charge in [0.2, 0.25) is 0 Å². The fraction of sp³-hybridized carbons (Fsp3) is 0.256. The Morgan fingerprint density at radius 1 is 0.509 bits per heavy atom. The van der Waals surface area contributed by atoms with E-state index in [4.69, 9.17) is 43.0 Å². The van der Waals surface area contributed by atoms with Crippen LogP contribution in [0.25, 0.3) is 6.08 Å². The first-order valence-corrected chi connectivity index (χ1v) is 15.1. The van der Waals surface area contributed by atoms with Crippen molar-refractivity contribution >= 4 is 23.9 Å². The molecule has 4 rings (SSSR count). The fourth-order valence-electron chi connectivity index (χ4n) is 4.22.